The van der Waals surface area contributed by atoms with Gasteiger partial charge in [-0.05, 0) is 84.9 Å². The SMILES string of the molecule is CCCCCC1CCC(c2cc(F)c(C(=O)Oc3ccc4c(F)c(F)ccc4c3)c(F)c2)CC1. The molecule has 1 fully saturated rings. The van der Waals surface area contributed by atoms with Crippen molar-refractivity contribution in [3.05, 3.63) is 76.9 Å². The minimum Gasteiger partial charge on any atom is -0.423 e. The third kappa shape index (κ3) is 5.26. The molecular weight excluding hydrogens is 444 g/mol. The van der Waals surface area contributed by atoms with Gasteiger partial charge < -0.3 is 4.74 Å². The van der Waals surface area contributed by atoms with E-state index < -0.39 is 34.8 Å². The minimum absolute atomic E-state index is 0.0154. The fraction of sp³-hybridized carbons (Fsp3) is 0.393. The summed E-state index contributed by atoms with van der Waals surface area (Å²) in [7, 11) is 0. The van der Waals surface area contributed by atoms with Crippen molar-refractivity contribution in [2.75, 3.05) is 0 Å². The molecule has 0 aromatic heterocycles. The van der Waals surface area contributed by atoms with Crippen molar-refractivity contribution in [3.63, 3.8) is 0 Å². The fourth-order valence-electron chi connectivity index (χ4n) is 4.96. The van der Waals surface area contributed by atoms with Crippen molar-refractivity contribution in [1.82, 2.24) is 0 Å². The molecule has 3 aromatic rings. The Balaban J connectivity index is 1.45. The number of benzene rings is 3. The summed E-state index contributed by atoms with van der Waals surface area (Å²) in [6.45, 7) is 2.19. The maximum absolute atomic E-state index is 14.8. The van der Waals surface area contributed by atoms with Crippen LogP contribution in [0.1, 0.15) is 80.1 Å². The highest BCUT2D eigenvalue weighted by Crippen LogP contribution is 2.38. The second-order valence-electron chi connectivity index (χ2n) is 9.21. The van der Waals surface area contributed by atoms with Gasteiger partial charge in [0.2, 0.25) is 0 Å². The Kier molecular flexibility index (Phi) is 7.54. The van der Waals surface area contributed by atoms with Gasteiger partial charge in [0.05, 0.1) is 0 Å². The Bertz CT molecular complexity index is 1160. The first-order valence-electron chi connectivity index (χ1n) is 12.0. The van der Waals surface area contributed by atoms with Crippen molar-refractivity contribution < 1.29 is 27.1 Å². The molecule has 34 heavy (non-hydrogen) atoms. The Morgan fingerprint density at radius 1 is 0.882 bits per heavy atom. The van der Waals surface area contributed by atoms with Gasteiger partial charge in [0, 0.05) is 5.39 Å². The van der Waals surface area contributed by atoms with Crippen LogP contribution in [-0.2, 0) is 0 Å². The number of ether oxygens (including phenoxy) is 1. The van der Waals surface area contributed by atoms with Gasteiger partial charge in [-0.25, -0.2) is 22.4 Å². The van der Waals surface area contributed by atoms with E-state index in [1.807, 2.05) is 0 Å². The lowest BCUT2D eigenvalue weighted by Crippen LogP contribution is -2.16. The highest BCUT2D eigenvalue weighted by atomic mass is 19.2. The number of hydrogen-bond donors (Lipinski definition) is 0. The molecule has 1 aliphatic carbocycles. The monoisotopic (exact) mass is 472 g/mol. The number of esters is 1. The summed E-state index contributed by atoms with van der Waals surface area (Å²) < 4.78 is 62.0. The van der Waals surface area contributed by atoms with E-state index in [1.54, 1.807) is 0 Å². The quantitative estimate of drug-likeness (QED) is 0.149. The molecule has 0 unspecified atom stereocenters. The maximum Gasteiger partial charge on any atom is 0.349 e. The lowest BCUT2D eigenvalue weighted by atomic mass is 9.77. The molecule has 0 N–H and O–H groups in total. The van der Waals surface area contributed by atoms with Gasteiger partial charge in [-0.1, -0.05) is 38.7 Å². The third-order valence-electron chi connectivity index (χ3n) is 6.89. The van der Waals surface area contributed by atoms with E-state index in [0.717, 1.165) is 31.7 Å². The predicted molar refractivity (Wildman–Crippen MR) is 124 cm³/mol. The number of halogens is 4. The zero-order valence-electron chi connectivity index (χ0n) is 19.2. The highest BCUT2D eigenvalue weighted by Gasteiger charge is 2.26. The summed E-state index contributed by atoms with van der Waals surface area (Å²) in [5.41, 5.74) is -0.191. The van der Waals surface area contributed by atoms with Crippen molar-refractivity contribution >= 4 is 16.7 Å². The van der Waals surface area contributed by atoms with Crippen LogP contribution in [0, 0.1) is 29.2 Å². The summed E-state index contributed by atoms with van der Waals surface area (Å²) in [6, 6.07) is 8.59. The zero-order chi connectivity index (χ0) is 24.2. The van der Waals surface area contributed by atoms with Crippen LogP contribution in [0.3, 0.4) is 0 Å². The van der Waals surface area contributed by atoms with E-state index >= 15 is 0 Å². The van der Waals surface area contributed by atoms with Gasteiger partial charge in [0.15, 0.2) is 11.6 Å². The first-order valence-corrected chi connectivity index (χ1v) is 12.0. The largest absolute Gasteiger partial charge is 0.423 e. The van der Waals surface area contributed by atoms with Gasteiger partial charge in [0.1, 0.15) is 22.9 Å². The first kappa shape index (κ1) is 24.2. The number of carbonyl (C=O) groups is 1. The number of rotatable bonds is 7. The molecule has 6 heteroatoms. The van der Waals surface area contributed by atoms with E-state index in [1.165, 1.54) is 62.1 Å². The van der Waals surface area contributed by atoms with E-state index in [0.29, 0.717) is 16.9 Å². The molecule has 4 rings (SSSR count). The van der Waals surface area contributed by atoms with Crippen molar-refractivity contribution in [3.8, 4) is 5.75 Å². The standard InChI is InChI=1S/C28H28F4O2/c1-2-3-4-5-17-6-8-18(9-7-17)20-15-24(30)26(25(31)16-20)28(33)34-21-11-12-22-19(14-21)10-13-23(29)27(22)32/h10-18H,2-9H2,1H3. The van der Waals surface area contributed by atoms with E-state index in [-0.39, 0.29) is 17.1 Å². The molecule has 180 valence electrons. The van der Waals surface area contributed by atoms with Crippen LogP contribution in [0.25, 0.3) is 10.8 Å². The molecule has 1 aliphatic rings. The summed E-state index contributed by atoms with van der Waals surface area (Å²) in [5.74, 6) is -4.37. The number of unbranched alkanes of at least 4 members (excludes halogenated alkanes) is 2. The van der Waals surface area contributed by atoms with Crippen LogP contribution in [0.5, 0.6) is 5.75 Å². The van der Waals surface area contributed by atoms with Crippen LogP contribution in [0.2, 0.25) is 0 Å². The lowest BCUT2D eigenvalue weighted by Gasteiger charge is -2.29. The van der Waals surface area contributed by atoms with Crippen molar-refractivity contribution in [2.45, 2.75) is 64.2 Å². The van der Waals surface area contributed by atoms with Gasteiger partial charge in [0.25, 0.3) is 0 Å². The molecule has 0 atom stereocenters. The predicted octanol–water partition coefficient (Wildman–Crippen LogP) is 8.47. The Hall–Kier alpha value is -2.89. The molecule has 0 amide bonds. The van der Waals surface area contributed by atoms with Gasteiger partial charge in [-0.15, -0.1) is 0 Å². The molecule has 3 aromatic carbocycles. The average Bonchev–Trinajstić information content (AvgIpc) is 2.81. The van der Waals surface area contributed by atoms with Gasteiger partial charge in [-0.3, -0.25) is 0 Å². The Morgan fingerprint density at radius 2 is 1.59 bits per heavy atom. The lowest BCUT2D eigenvalue weighted by molar-refractivity contribution is 0.0724. The number of fused-ring (bicyclic) bond motifs is 1. The highest BCUT2D eigenvalue weighted by molar-refractivity contribution is 5.93. The van der Waals surface area contributed by atoms with Crippen LogP contribution >= 0.6 is 0 Å². The topological polar surface area (TPSA) is 26.3 Å². The van der Waals surface area contributed by atoms with E-state index in [4.69, 9.17) is 4.74 Å². The molecule has 0 aliphatic heterocycles. The van der Waals surface area contributed by atoms with Crippen LogP contribution in [-0.4, -0.2) is 5.97 Å². The maximum atomic E-state index is 14.8. The zero-order valence-corrected chi connectivity index (χ0v) is 19.2. The normalized spacial score (nSPS) is 18.3. The Morgan fingerprint density at radius 3 is 2.26 bits per heavy atom. The molecule has 0 bridgehead atoms. The average molecular weight is 473 g/mol. The Labute approximate surface area is 196 Å². The second kappa shape index (κ2) is 10.6. The summed E-state index contributed by atoms with van der Waals surface area (Å²) in [6.07, 6.45) is 8.74. The molecule has 0 radical (unpaired) electrons. The van der Waals surface area contributed by atoms with Gasteiger partial charge in [-0.2, -0.15) is 0 Å². The third-order valence-corrected chi connectivity index (χ3v) is 6.89. The van der Waals surface area contributed by atoms with Crippen LogP contribution in [0.15, 0.2) is 42.5 Å². The summed E-state index contributed by atoms with van der Waals surface area (Å²) in [4.78, 5) is 12.5. The molecule has 0 heterocycles. The molecule has 1 saturated carbocycles. The van der Waals surface area contributed by atoms with Gasteiger partial charge >= 0.3 is 5.97 Å². The molecule has 2 nitrogen and oxygen atoms in total. The first-order chi connectivity index (χ1) is 16.4. The van der Waals surface area contributed by atoms with Crippen molar-refractivity contribution in [1.29, 1.82) is 0 Å². The molecule has 0 spiro atoms. The molecule has 0 saturated heterocycles. The smallest absolute Gasteiger partial charge is 0.349 e. The second-order valence-corrected chi connectivity index (χ2v) is 9.21. The molecular formula is C28H28F4O2. The number of hydrogen-bond acceptors (Lipinski definition) is 2. The fourth-order valence-corrected chi connectivity index (χ4v) is 4.96. The van der Waals surface area contributed by atoms with E-state index in [9.17, 15) is 22.4 Å². The summed E-state index contributed by atoms with van der Waals surface area (Å²) in [5, 5.41) is 0.312. The number of carbonyl (C=O) groups excluding carboxylic acids is 1. The van der Waals surface area contributed by atoms with Crippen LogP contribution < -0.4 is 4.74 Å². The summed E-state index contributed by atoms with van der Waals surface area (Å²) >= 11 is 0. The minimum atomic E-state index is -1.18. The van der Waals surface area contributed by atoms with E-state index in [2.05, 4.69) is 6.92 Å². The van der Waals surface area contributed by atoms with Crippen LogP contribution in [0.4, 0.5) is 17.6 Å². The van der Waals surface area contributed by atoms with Crippen molar-refractivity contribution in [2.24, 2.45) is 5.92 Å².